The van der Waals surface area contributed by atoms with E-state index in [9.17, 15) is 4.79 Å². The molecule has 1 fully saturated rings. The number of amides is 1. The summed E-state index contributed by atoms with van der Waals surface area (Å²) in [5, 5.41) is 3.00. The Morgan fingerprint density at radius 3 is 2.44 bits per heavy atom. The third kappa shape index (κ3) is 1.98. The van der Waals surface area contributed by atoms with Gasteiger partial charge in [0.15, 0.2) is 5.60 Å². The molecule has 1 spiro atoms. The molecular weight excluding hydrogens is 226 g/mol. The SMILES string of the molecule is O=C1Nc2ccccc2OC12CCCCCCC2. The van der Waals surface area contributed by atoms with E-state index >= 15 is 0 Å². The number of fused-ring (bicyclic) bond motifs is 1. The van der Waals surface area contributed by atoms with Gasteiger partial charge in [-0.25, -0.2) is 0 Å². The lowest BCUT2D eigenvalue weighted by atomic mass is 9.85. The van der Waals surface area contributed by atoms with Crippen molar-refractivity contribution >= 4 is 11.6 Å². The van der Waals surface area contributed by atoms with Gasteiger partial charge in [-0.05, 0) is 37.8 Å². The van der Waals surface area contributed by atoms with Gasteiger partial charge < -0.3 is 10.1 Å². The van der Waals surface area contributed by atoms with Crippen molar-refractivity contribution in [2.45, 2.75) is 50.5 Å². The minimum absolute atomic E-state index is 0.0445. The molecule has 1 heterocycles. The van der Waals surface area contributed by atoms with Gasteiger partial charge >= 0.3 is 0 Å². The minimum atomic E-state index is -0.616. The highest BCUT2D eigenvalue weighted by Crippen LogP contribution is 2.39. The van der Waals surface area contributed by atoms with Crippen LogP contribution >= 0.6 is 0 Å². The van der Waals surface area contributed by atoms with Crippen molar-refractivity contribution in [3.05, 3.63) is 24.3 Å². The van der Waals surface area contributed by atoms with Gasteiger partial charge in [0.25, 0.3) is 5.91 Å². The summed E-state index contributed by atoms with van der Waals surface area (Å²) in [6, 6.07) is 7.70. The third-order valence-electron chi connectivity index (χ3n) is 4.02. The molecule has 18 heavy (non-hydrogen) atoms. The van der Waals surface area contributed by atoms with Crippen LogP contribution in [0.2, 0.25) is 0 Å². The zero-order valence-electron chi connectivity index (χ0n) is 10.6. The van der Waals surface area contributed by atoms with E-state index in [1.165, 1.54) is 19.3 Å². The molecule has 0 atom stereocenters. The number of nitrogens with one attached hydrogen (secondary N) is 1. The summed E-state index contributed by atoms with van der Waals surface area (Å²) < 4.78 is 6.10. The molecule has 1 aliphatic carbocycles. The Hall–Kier alpha value is -1.51. The Labute approximate surface area is 108 Å². The quantitative estimate of drug-likeness (QED) is 0.759. The second-order valence-electron chi connectivity index (χ2n) is 5.31. The first-order valence-electron chi connectivity index (χ1n) is 6.90. The van der Waals surface area contributed by atoms with Crippen LogP contribution in [0.3, 0.4) is 0 Å². The van der Waals surface area contributed by atoms with Crippen LogP contribution in [-0.2, 0) is 4.79 Å². The van der Waals surface area contributed by atoms with Gasteiger partial charge in [0, 0.05) is 0 Å². The summed E-state index contributed by atoms with van der Waals surface area (Å²) in [6.45, 7) is 0. The Balaban J connectivity index is 1.90. The van der Waals surface area contributed by atoms with Crippen molar-refractivity contribution in [3.63, 3.8) is 0 Å². The maximum atomic E-state index is 12.4. The largest absolute Gasteiger partial charge is 0.475 e. The number of para-hydroxylation sites is 2. The smallest absolute Gasteiger partial charge is 0.268 e. The molecule has 96 valence electrons. The molecule has 1 aromatic rings. The minimum Gasteiger partial charge on any atom is -0.475 e. The van der Waals surface area contributed by atoms with Crippen LogP contribution < -0.4 is 10.1 Å². The van der Waals surface area contributed by atoms with E-state index in [1.54, 1.807) is 0 Å². The van der Waals surface area contributed by atoms with Gasteiger partial charge in [-0.2, -0.15) is 0 Å². The fourth-order valence-corrected chi connectivity index (χ4v) is 2.96. The average Bonchev–Trinajstić information content (AvgIpc) is 2.35. The van der Waals surface area contributed by atoms with Crippen molar-refractivity contribution in [3.8, 4) is 5.75 Å². The maximum Gasteiger partial charge on any atom is 0.268 e. The highest BCUT2D eigenvalue weighted by Gasteiger charge is 2.43. The predicted molar refractivity (Wildman–Crippen MR) is 70.7 cm³/mol. The summed E-state index contributed by atoms with van der Waals surface area (Å²) >= 11 is 0. The Morgan fingerprint density at radius 1 is 1.00 bits per heavy atom. The molecule has 3 heteroatoms. The van der Waals surface area contributed by atoms with Crippen LogP contribution in [0.1, 0.15) is 44.9 Å². The average molecular weight is 245 g/mol. The van der Waals surface area contributed by atoms with E-state index in [-0.39, 0.29) is 5.91 Å². The summed E-state index contributed by atoms with van der Waals surface area (Å²) in [5.41, 5.74) is 0.185. The third-order valence-corrected chi connectivity index (χ3v) is 4.02. The lowest BCUT2D eigenvalue weighted by Gasteiger charge is -2.38. The van der Waals surface area contributed by atoms with Crippen LogP contribution in [0.4, 0.5) is 5.69 Å². The number of anilines is 1. The van der Waals surface area contributed by atoms with Crippen molar-refractivity contribution in [1.29, 1.82) is 0 Å². The lowest BCUT2D eigenvalue weighted by Crippen LogP contribution is -2.51. The van der Waals surface area contributed by atoms with Crippen LogP contribution in [0.15, 0.2) is 24.3 Å². The molecule has 1 aromatic carbocycles. The monoisotopic (exact) mass is 245 g/mol. The topological polar surface area (TPSA) is 38.3 Å². The standard InChI is InChI=1S/C15H19NO2/c17-14-15(10-6-2-1-3-7-11-15)18-13-9-5-4-8-12(13)16-14/h4-5,8-9H,1-3,6-7,10-11H2,(H,16,17). The second-order valence-corrected chi connectivity index (χ2v) is 5.31. The molecule has 1 amide bonds. The zero-order chi connectivity index (χ0) is 12.4. The zero-order valence-corrected chi connectivity index (χ0v) is 10.6. The summed E-state index contributed by atoms with van der Waals surface area (Å²) in [5.74, 6) is 0.862. The van der Waals surface area contributed by atoms with E-state index < -0.39 is 5.60 Å². The van der Waals surface area contributed by atoms with Crippen molar-refractivity contribution in [2.75, 3.05) is 5.32 Å². The fourth-order valence-electron chi connectivity index (χ4n) is 2.96. The number of ether oxygens (including phenoxy) is 1. The van der Waals surface area contributed by atoms with Crippen molar-refractivity contribution < 1.29 is 9.53 Å². The van der Waals surface area contributed by atoms with Crippen LogP contribution in [0, 0.1) is 0 Å². The molecule has 0 unspecified atom stereocenters. The van der Waals surface area contributed by atoms with Gasteiger partial charge in [0.05, 0.1) is 5.69 Å². The van der Waals surface area contributed by atoms with Crippen LogP contribution in [0.5, 0.6) is 5.75 Å². The maximum absolute atomic E-state index is 12.4. The molecule has 0 bridgehead atoms. The summed E-state index contributed by atoms with van der Waals surface area (Å²) in [6.07, 6.45) is 7.54. The van der Waals surface area contributed by atoms with Gasteiger partial charge in [-0.1, -0.05) is 31.4 Å². The Kier molecular flexibility index (Phi) is 2.98. The van der Waals surface area contributed by atoms with E-state index in [0.29, 0.717) is 0 Å². The molecular formula is C15H19NO2. The summed E-state index contributed by atoms with van der Waals surface area (Å²) in [4.78, 5) is 12.4. The number of benzene rings is 1. The van der Waals surface area contributed by atoms with E-state index in [1.807, 2.05) is 24.3 Å². The number of rotatable bonds is 0. The Bertz CT molecular complexity index is 448. The molecule has 0 aromatic heterocycles. The number of hydrogen-bond acceptors (Lipinski definition) is 2. The molecule has 2 aliphatic rings. The highest BCUT2D eigenvalue weighted by atomic mass is 16.5. The first kappa shape index (κ1) is 11.6. The number of carbonyl (C=O) groups is 1. The van der Waals surface area contributed by atoms with Crippen LogP contribution in [0.25, 0.3) is 0 Å². The van der Waals surface area contributed by atoms with Gasteiger partial charge in [-0.3, -0.25) is 4.79 Å². The molecule has 3 rings (SSSR count). The van der Waals surface area contributed by atoms with E-state index in [2.05, 4.69) is 5.32 Å². The summed E-state index contributed by atoms with van der Waals surface area (Å²) in [7, 11) is 0. The van der Waals surface area contributed by atoms with Crippen molar-refractivity contribution in [2.24, 2.45) is 0 Å². The van der Waals surface area contributed by atoms with Crippen LogP contribution in [-0.4, -0.2) is 11.5 Å². The van der Waals surface area contributed by atoms with Crippen molar-refractivity contribution in [1.82, 2.24) is 0 Å². The highest BCUT2D eigenvalue weighted by molar-refractivity contribution is 6.00. The molecule has 1 N–H and O–H groups in total. The van der Waals surface area contributed by atoms with E-state index in [4.69, 9.17) is 4.74 Å². The molecule has 0 saturated heterocycles. The lowest BCUT2D eigenvalue weighted by molar-refractivity contribution is -0.134. The van der Waals surface area contributed by atoms with Gasteiger partial charge in [0.2, 0.25) is 0 Å². The molecule has 1 aliphatic heterocycles. The fraction of sp³-hybridized carbons (Fsp3) is 0.533. The first-order chi connectivity index (χ1) is 8.80. The molecule has 1 saturated carbocycles. The number of hydrogen-bond donors (Lipinski definition) is 1. The normalized spacial score (nSPS) is 22.3. The second kappa shape index (κ2) is 4.63. The predicted octanol–water partition coefficient (Wildman–Crippen LogP) is 3.50. The van der Waals surface area contributed by atoms with Gasteiger partial charge in [0.1, 0.15) is 5.75 Å². The number of carbonyl (C=O) groups excluding carboxylic acids is 1. The van der Waals surface area contributed by atoms with E-state index in [0.717, 1.165) is 37.1 Å². The molecule has 0 radical (unpaired) electrons. The Morgan fingerprint density at radius 2 is 1.67 bits per heavy atom. The van der Waals surface area contributed by atoms with Gasteiger partial charge in [-0.15, -0.1) is 0 Å². The molecule has 3 nitrogen and oxygen atoms in total. The first-order valence-corrected chi connectivity index (χ1v) is 6.90.